The summed E-state index contributed by atoms with van der Waals surface area (Å²) in [5.41, 5.74) is 13.3. The average Bonchev–Trinajstić information content (AvgIpc) is 2.43. The van der Waals surface area contributed by atoms with Gasteiger partial charge in [-0.2, -0.15) is 0 Å². The Morgan fingerprint density at radius 3 is 2.47 bits per heavy atom. The van der Waals surface area contributed by atoms with Crippen LogP contribution in [0.25, 0.3) is 0 Å². The minimum absolute atomic E-state index is 0.396. The second-order valence-electron chi connectivity index (χ2n) is 4.65. The van der Waals surface area contributed by atoms with Gasteiger partial charge in [-0.1, -0.05) is 30.3 Å². The lowest BCUT2D eigenvalue weighted by Crippen LogP contribution is -2.20. The number of aromatic nitrogens is 1. The molecule has 1 aromatic heterocycles. The van der Waals surface area contributed by atoms with E-state index in [9.17, 15) is 0 Å². The third-order valence-corrected chi connectivity index (χ3v) is 3.14. The second-order valence-corrected chi connectivity index (χ2v) is 4.65. The van der Waals surface area contributed by atoms with E-state index in [1.807, 2.05) is 19.2 Å². The van der Waals surface area contributed by atoms with Gasteiger partial charge in [-0.25, -0.2) is 4.98 Å². The van der Waals surface area contributed by atoms with Crippen molar-refractivity contribution in [2.45, 2.75) is 12.8 Å². The molecule has 0 atom stereocenters. The number of nitrogens with two attached hydrogens (primary N) is 2. The highest BCUT2D eigenvalue weighted by atomic mass is 15.2. The molecule has 100 valence electrons. The van der Waals surface area contributed by atoms with E-state index in [-0.39, 0.29) is 0 Å². The number of anilines is 3. The Morgan fingerprint density at radius 1 is 1.05 bits per heavy atom. The Kier molecular flexibility index (Phi) is 4.23. The fourth-order valence-electron chi connectivity index (χ4n) is 1.97. The molecule has 0 saturated heterocycles. The van der Waals surface area contributed by atoms with Gasteiger partial charge < -0.3 is 16.4 Å². The Morgan fingerprint density at radius 2 is 1.79 bits per heavy atom. The smallest absolute Gasteiger partial charge is 0.149 e. The summed E-state index contributed by atoms with van der Waals surface area (Å²) in [5, 5.41) is 0. The van der Waals surface area contributed by atoms with Crippen LogP contribution in [0, 0.1) is 0 Å². The Labute approximate surface area is 114 Å². The summed E-state index contributed by atoms with van der Waals surface area (Å²) in [6.45, 7) is 0.936. The number of nitrogen functional groups attached to an aromatic ring is 2. The molecule has 4 heteroatoms. The third-order valence-electron chi connectivity index (χ3n) is 3.14. The van der Waals surface area contributed by atoms with Gasteiger partial charge in [0, 0.05) is 13.6 Å². The molecular formula is C15H20N4. The zero-order valence-corrected chi connectivity index (χ0v) is 11.2. The molecule has 0 bridgehead atoms. The molecule has 0 amide bonds. The highest BCUT2D eigenvalue weighted by Gasteiger charge is 2.04. The number of aryl methyl sites for hydroxylation is 1. The van der Waals surface area contributed by atoms with Gasteiger partial charge in [0.2, 0.25) is 0 Å². The lowest BCUT2D eigenvalue weighted by atomic mass is 10.1. The lowest BCUT2D eigenvalue weighted by molar-refractivity contribution is 0.778. The zero-order chi connectivity index (χ0) is 13.7. The molecule has 4 N–H and O–H groups in total. The van der Waals surface area contributed by atoms with Crippen molar-refractivity contribution in [3.8, 4) is 0 Å². The van der Waals surface area contributed by atoms with E-state index < -0.39 is 0 Å². The average molecular weight is 256 g/mol. The van der Waals surface area contributed by atoms with Crippen molar-refractivity contribution in [2.24, 2.45) is 0 Å². The maximum absolute atomic E-state index is 5.72. The van der Waals surface area contributed by atoms with Gasteiger partial charge in [-0.05, 0) is 30.5 Å². The number of benzene rings is 1. The lowest BCUT2D eigenvalue weighted by Gasteiger charge is -2.18. The summed E-state index contributed by atoms with van der Waals surface area (Å²) in [6, 6.07) is 14.2. The number of hydrogen-bond donors (Lipinski definition) is 2. The molecule has 0 aliphatic carbocycles. The zero-order valence-electron chi connectivity index (χ0n) is 11.2. The largest absolute Gasteiger partial charge is 0.396 e. The highest BCUT2D eigenvalue weighted by Crippen LogP contribution is 2.17. The molecule has 1 aromatic carbocycles. The van der Waals surface area contributed by atoms with E-state index in [1.54, 1.807) is 6.07 Å². The quantitative estimate of drug-likeness (QED) is 0.861. The van der Waals surface area contributed by atoms with Crippen LogP contribution in [0.5, 0.6) is 0 Å². The maximum atomic E-state index is 5.72. The van der Waals surface area contributed by atoms with Crippen LogP contribution < -0.4 is 16.4 Å². The molecule has 0 fully saturated rings. The van der Waals surface area contributed by atoms with E-state index in [2.05, 4.69) is 34.1 Å². The second kappa shape index (κ2) is 6.09. The van der Waals surface area contributed by atoms with Crippen LogP contribution >= 0.6 is 0 Å². The molecule has 0 aliphatic rings. The van der Waals surface area contributed by atoms with Crippen molar-refractivity contribution in [1.29, 1.82) is 0 Å². The SMILES string of the molecule is CN(CCCc1ccccc1)c1ccc(N)c(N)n1. The van der Waals surface area contributed by atoms with Crippen LogP contribution in [-0.2, 0) is 6.42 Å². The predicted octanol–water partition coefficient (Wildman–Crippen LogP) is 2.31. The molecule has 0 radical (unpaired) electrons. The molecule has 0 unspecified atom stereocenters. The summed E-state index contributed by atoms with van der Waals surface area (Å²) in [7, 11) is 2.02. The molecular weight excluding hydrogens is 236 g/mol. The normalized spacial score (nSPS) is 10.4. The predicted molar refractivity (Wildman–Crippen MR) is 81.1 cm³/mol. The van der Waals surface area contributed by atoms with E-state index in [1.165, 1.54) is 5.56 Å². The van der Waals surface area contributed by atoms with Crippen LogP contribution in [0.2, 0.25) is 0 Å². The van der Waals surface area contributed by atoms with Crippen molar-refractivity contribution in [3.63, 3.8) is 0 Å². The van der Waals surface area contributed by atoms with Crippen LogP contribution in [-0.4, -0.2) is 18.6 Å². The van der Waals surface area contributed by atoms with Crippen LogP contribution in [0.1, 0.15) is 12.0 Å². The molecule has 0 saturated carbocycles. The highest BCUT2D eigenvalue weighted by molar-refractivity contribution is 5.62. The Balaban J connectivity index is 1.87. The Bertz CT molecular complexity index is 525. The molecule has 0 spiro atoms. The first-order valence-corrected chi connectivity index (χ1v) is 6.44. The molecule has 4 nitrogen and oxygen atoms in total. The van der Waals surface area contributed by atoms with Gasteiger partial charge in [0.15, 0.2) is 0 Å². The van der Waals surface area contributed by atoms with E-state index >= 15 is 0 Å². The van der Waals surface area contributed by atoms with Crippen molar-refractivity contribution in [3.05, 3.63) is 48.0 Å². The van der Waals surface area contributed by atoms with E-state index in [4.69, 9.17) is 11.5 Å². The van der Waals surface area contributed by atoms with Gasteiger partial charge in [-0.3, -0.25) is 0 Å². The maximum Gasteiger partial charge on any atom is 0.149 e. The van der Waals surface area contributed by atoms with Gasteiger partial charge in [-0.15, -0.1) is 0 Å². The minimum Gasteiger partial charge on any atom is -0.396 e. The van der Waals surface area contributed by atoms with Crippen LogP contribution in [0.4, 0.5) is 17.3 Å². The molecule has 2 rings (SSSR count). The fourth-order valence-corrected chi connectivity index (χ4v) is 1.97. The number of pyridine rings is 1. The molecule has 19 heavy (non-hydrogen) atoms. The number of hydrogen-bond acceptors (Lipinski definition) is 4. The topological polar surface area (TPSA) is 68.2 Å². The van der Waals surface area contributed by atoms with Gasteiger partial charge in [0.1, 0.15) is 11.6 Å². The number of nitrogens with zero attached hydrogens (tertiary/aromatic N) is 2. The summed E-state index contributed by atoms with van der Waals surface area (Å²) in [4.78, 5) is 6.37. The van der Waals surface area contributed by atoms with Crippen LogP contribution in [0.3, 0.4) is 0 Å². The van der Waals surface area contributed by atoms with Crippen LogP contribution in [0.15, 0.2) is 42.5 Å². The first-order chi connectivity index (χ1) is 9.16. The first kappa shape index (κ1) is 13.2. The Hall–Kier alpha value is -2.23. The van der Waals surface area contributed by atoms with Crippen molar-refractivity contribution >= 4 is 17.3 Å². The van der Waals surface area contributed by atoms with Gasteiger partial charge in [0.25, 0.3) is 0 Å². The van der Waals surface area contributed by atoms with Gasteiger partial charge >= 0.3 is 0 Å². The molecule has 2 aromatic rings. The number of rotatable bonds is 5. The summed E-state index contributed by atoms with van der Waals surface area (Å²) < 4.78 is 0. The van der Waals surface area contributed by atoms with Crippen molar-refractivity contribution < 1.29 is 0 Å². The first-order valence-electron chi connectivity index (χ1n) is 6.44. The standard InChI is InChI=1S/C15H20N4/c1-19(14-10-9-13(16)15(17)18-14)11-5-8-12-6-3-2-4-7-12/h2-4,6-7,9-10H,5,8,11,16H2,1H3,(H2,17,18). The van der Waals surface area contributed by atoms with E-state index in [0.717, 1.165) is 25.2 Å². The monoisotopic (exact) mass is 256 g/mol. The van der Waals surface area contributed by atoms with Crippen molar-refractivity contribution in [1.82, 2.24) is 4.98 Å². The van der Waals surface area contributed by atoms with Gasteiger partial charge in [0.05, 0.1) is 5.69 Å². The third kappa shape index (κ3) is 3.61. The van der Waals surface area contributed by atoms with Crippen molar-refractivity contribution in [2.75, 3.05) is 30.0 Å². The summed E-state index contributed by atoms with van der Waals surface area (Å²) in [6.07, 6.45) is 2.14. The molecule has 0 aliphatic heterocycles. The molecule has 1 heterocycles. The fraction of sp³-hybridized carbons (Fsp3) is 0.267. The minimum atomic E-state index is 0.396. The van der Waals surface area contributed by atoms with E-state index in [0.29, 0.717) is 11.5 Å². The summed E-state index contributed by atoms with van der Waals surface area (Å²) >= 11 is 0. The summed E-state index contributed by atoms with van der Waals surface area (Å²) in [5.74, 6) is 1.26.